The molecule has 0 aromatic heterocycles. The maximum Gasteiger partial charge on any atom is 0.407 e. The van der Waals surface area contributed by atoms with Crippen LogP contribution in [0.2, 0.25) is 0 Å². The zero-order chi connectivity index (χ0) is 63.8. The van der Waals surface area contributed by atoms with E-state index in [1.165, 1.54) is 0 Å². The maximum absolute atomic E-state index is 13.1. The number of rotatable bonds is 47. The van der Waals surface area contributed by atoms with Gasteiger partial charge in [0.1, 0.15) is 66.1 Å². The van der Waals surface area contributed by atoms with Gasteiger partial charge in [-0.25, -0.2) is 57.5 Å². The summed E-state index contributed by atoms with van der Waals surface area (Å²) in [6.45, 7) is 26.2. The molecule has 0 aliphatic rings. The first kappa shape index (κ1) is 74.6. The highest BCUT2D eigenvalue weighted by molar-refractivity contribution is 5.84. The van der Waals surface area contributed by atoms with Crippen LogP contribution in [0.4, 0.5) is 9.59 Å². The highest BCUT2D eigenvalue weighted by atomic mass is 16.6. The number of carbonyl (C=O) groups excluding carboxylic acids is 10. The second kappa shape index (κ2) is 39.9. The molecule has 26 heteroatoms. The van der Waals surface area contributed by atoms with Gasteiger partial charge in [-0.2, -0.15) is 0 Å². The summed E-state index contributed by atoms with van der Waals surface area (Å²) in [7, 11) is 0. The van der Waals surface area contributed by atoms with Crippen LogP contribution in [0.25, 0.3) is 0 Å². The smallest absolute Gasteiger partial charge is 0.407 e. The van der Waals surface area contributed by atoms with Gasteiger partial charge in [0, 0.05) is 86.9 Å². The lowest BCUT2D eigenvalue weighted by molar-refractivity contribution is -0.161. The minimum Gasteiger partial charge on any atom is -0.465 e. The Morgan fingerprint density at radius 2 is 0.429 bits per heavy atom. The van der Waals surface area contributed by atoms with Gasteiger partial charge >= 0.3 is 71.9 Å². The lowest BCUT2D eigenvalue weighted by Gasteiger charge is -2.40. The van der Waals surface area contributed by atoms with Gasteiger partial charge in [0.25, 0.3) is 0 Å². The van der Waals surface area contributed by atoms with Gasteiger partial charge in [0.2, 0.25) is 0 Å². The Kier molecular flexibility index (Phi) is 35.5. The third-order valence-corrected chi connectivity index (χ3v) is 12.4. The topological polar surface area (TPSA) is 344 Å². The number of esters is 10. The van der Waals surface area contributed by atoms with E-state index in [1.54, 1.807) is 0 Å². The van der Waals surface area contributed by atoms with Crippen LogP contribution < -0.4 is 0 Å². The largest absolute Gasteiger partial charge is 0.465 e. The number of unbranched alkanes of at least 4 members (excludes halogenated alkanes) is 3. The average Bonchev–Trinajstić information content (AvgIpc) is 3.45. The van der Waals surface area contributed by atoms with E-state index in [1.807, 2.05) is 0 Å². The molecule has 0 aliphatic heterocycles. The number of hydrogen-bond acceptors (Lipinski definition) is 22. The molecular formula is C58H76N2O24. The minimum atomic E-state index is -1.66. The molecule has 0 radical (unpaired) electrons. The van der Waals surface area contributed by atoms with E-state index in [0.717, 1.165) is 70.6 Å². The van der Waals surface area contributed by atoms with Crippen molar-refractivity contribution in [3.05, 3.63) is 127 Å². The summed E-state index contributed by atoms with van der Waals surface area (Å²) < 4.78 is 53.9. The number of carbonyl (C=O) groups is 12. The molecule has 0 heterocycles. The monoisotopic (exact) mass is 1180 g/mol. The van der Waals surface area contributed by atoms with Crippen molar-refractivity contribution >= 4 is 71.9 Å². The van der Waals surface area contributed by atoms with Crippen LogP contribution >= 0.6 is 0 Å². The van der Waals surface area contributed by atoms with E-state index >= 15 is 0 Å². The summed E-state index contributed by atoms with van der Waals surface area (Å²) in [5, 5.41) is 21.2. The van der Waals surface area contributed by atoms with E-state index in [4.69, 9.17) is 47.4 Å². The van der Waals surface area contributed by atoms with Gasteiger partial charge in [-0.1, -0.05) is 78.6 Å². The molecule has 0 aliphatic carbocycles. The van der Waals surface area contributed by atoms with Gasteiger partial charge < -0.3 is 67.4 Å². The fraction of sp³-hybridized carbons (Fsp3) is 0.448. The number of hydrogen-bond donors (Lipinski definition) is 2. The summed E-state index contributed by atoms with van der Waals surface area (Å²) in [5.74, 6) is -9.37. The number of amides is 2. The minimum absolute atomic E-state index is 0.120. The van der Waals surface area contributed by atoms with Crippen molar-refractivity contribution in [2.45, 2.75) is 51.4 Å². The molecule has 0 bridgehead atoms. The Hall–Kier alpha value is -9.36. The second-order valence-corrected chi connectivity index (χ2v) is 18.9. The van der Waals surface area contributed by atoms with Gasteiger partial charge in [-0.3, -0.25) is 0 Å². The lowest BCUT2D eigenvalue weighted by atomic mass is 9.76. The molecular weight excluding hydrogens is 1110 g/mol. The molecule has 0 aromatic rings. The number of carboxylic acid groups (broad SMARTS) is 2. The van der Waals surface area contributed by atoms with Crippen molar-refractivity contribution in [2.24, 2.45) is 21.7 Å². The van der Waals surface area contributed by atoms with Gasteiger partial charge in [-0.15, -0.1) is 0 Å². The van der Waals surface area contributed by atoms with E-state index in [0.29, 0.717) is 0 Å². The molecule has 0 atom stereocenters. The maximum atomic E-state index is 13.1. The highest BCUT2D eigenvalue weighted by Crippen LogP contribution is 2.38. The summed E-state index contributed by atoms with van der Waals surface area (Å²) in [5.41, 5.74) is -6.53. The van der Waals surface area contributed by atoms with Crippen molar-refractivity contribution in [3.8, 4) is 0 Å². The Labute approximate surface area is 487 Å². The normalized spacial score (nSPS) is 10.9. The zero-order valence-electron chi connectivity index (χ0n) is 47.2. The number of ether oxygens (including phenoxy) is 10. The summed E-state index contributed by atoms with van der Waals surface area (Å²) >= 11 is 0. The van der Waals surface area contributed by atoms with Crippen LogP contribution in [0, 0.1) is 21.7 Å². The van der Waals surface area contributed by atoms with Crippen LogP contribution in [-0.4, -0.2) is 184 Å². The first-order valence-electron chi connectivity index (χ1n) is 25.7. The van der Waals surface area contributed by atoms with Crippen molar-refractivity contribution < 1.29 is 115 Å². The Balaban J connectivity index is 7.27. The van der Waals surface area contributed by atoms with E-state index in [-0.39, 0.29) is 64.5 Å². The van der Waals surface area contributed by atoms with Gasteiger partial charge in [0.05, 0.1) is 21.7 Å². The predicted octanol–water partition coefficient (Wildman–Crippen LogP) is 5.30. The quantitative estimate of drug-likeness (QED) is 0.0337. The molecule has 2 amide bonds. The Morgan fingerprint density at radius 3 is 0.583 bits per heavy atom. The SMILES string of the molecule is C=CC(=O)OCC(CCC(COC(=O)C=C)(COC(=O)C=C)CN(CCCCCCN(CC(CCC(COC(=O)C=C)(COC(=O)C=C)COC(=O)C=C)(COC(=O)C=C)COC(=O)C=C)C(=O)O)C(=O)O)(COC(=O)C=C)COC(=O)C=C. The van der Waals surface area contributed by atoms with Crippen LogP contribution in [0.1, 0.15) is 51.4 Å². The van der Waals surface area contributed by atoms with Crippen molar-refractivity contribution in [1.29, 1.82) is 0 Å². The molecule has 0 fully saturated rings. The van der Waals surface area contributed by atoms with Crippen LogP contribution in [0.5, 0.6) is 0 Å². The zero-order valence-corrected chi connectivity index (χ0v) is 47.2. The molecule has 0 spiro atoms. The van der Waals surface area contributed by atoms with Crippen molar-refractivity contribution in [3.63, 3.8) is 0 Å². The summed E-state index contributed by atoms with van der Waals surface area (Å²) in [6.07, 6.45) is 5.02. The molecule has 0 saturated carbocycles. The van der Waals surface area contributed by atoms with Gasteiger partial charge in [-0.05, 0) is 38.5 Å². The van der Waals surface area contributed by atoms with E-state index in [2.05, 4.69) is 65.8 Å². The fourth-order valence-corrected chi connectivity index (χ4v) is 7.54. The summed E-state index contributed by atoms with van der Waals surface area (Å²) in [4.78, 5) is 153. The molecule has 84 heavy (non-hydrogen) atoms. The molecule has 26 nitrogen and oxygen atoms in total. The number of nitrogens with zero attached hydrogens (tertiary/aromatic N) is 2. The van der Waals surface area contributed by atoms with E-state index in [9.17, 15) is 67.7 Å². The first-order chi connectivity index (χ1) is 39.8. The highest BCUT2D eigenvalue weighted by Gasteiger charge is 2.45. The average molecular weight is 1190 g/mol. The molecule has 0 aromatic carbocycles. The van der Waals surface area contributed by atoms with Crippen molar-refractivity contribution in [2.75, 3.05) is 92.2 Å². The van der Waals surface area contributed by atoms with Crippen molar-refractivity contribution in [1.82, 2.24) is 9.80 Å². The molecule has 0 unspecified atom stereocenters. The molecule has 462 valence electrons. The standard InChI is InChI=1S/C58H76N2O24/c1-11-43(61)75-33-55(34-76-44(62)12-2,25-27-57(37-79-47(65)15-5,38-80-48(66)16-6)39-81-49(67)17-7)31-59(53(71)72)29-23-21-22-24-30-60(54(73)74)32-56(35-77-45(63)13-3,36-78-46(64)14-4)26-28-58(40-82-50(68)18-8,41-83-51(69)19-9)42-84-52(70)20-10/h11-20H,1-10,21-42H2,(H,71,72)(H,73,74). The third kappa shape index (κ3) is 29.9. The molecule has 0 rings (SSSR count). The summed E-state index contributed by atoms with van der Waals surface area (Å²) in [6, 6.07) is 0. The third-order valence-electron chi connectivity index (χ3n) is 12.4. The fourth-order valence-electron chi connectivity index (χ4n) is 7.54. The van der Waals surface area contributed by atoms with Gasteiger partial charge in [0.15, 0.2) is 0 Å². The molecule has 0 saturated heterocycles. The second-order valence-electron chi connectivity index (χ2n) is 18.9. The predicted molar refractivity (Wildman–Crippen MR) is 297 cm³/mol. The van der Waals surface area contributed by atoms with E-state index < -0.39 is 173 Å². The van der Waals surface area contributed by atoms with Crippen LogP contribution in [-0.2, 0) is 95.3 Å². The first-order valence-corrected chi connectivity index (χ1v) is 25.7. The van der Waals surface area contributed by atoms with Crippen LogP contribution in [0.3, 0.4) is 0 Å². The Morgan fingerprint density at radius 1 is 0.274 bits per heavy atom. The Bertz CT molecular complexity index is 2090. The van der Waals surface area contributed by atoms with Crippen LogP contribution in [0.15, 0.2) is 127 Å². The molecule has 2 N–H and O–H groups in total. The lowest BCUT2D eigenvalue weighted by Crippen LogP contribution is -2.49.